The van der Waals surface area contributed by atoms with Gasteiger partial charge in [0, 0.05) is 12.1 Å². The minimum atomic E-state index is 0.273. The van der Waals surface area contributed by atoms with Gasteiger partial charge in [-0.25, -0.2) is 0 Å². The molecule has 0 amide bonds. The second kappa shape index (κ2) is 5.54. The Morgan fingerprint density at radius 2 is 2.13 bits per heavy atom. The third-order valence-corrected chi connectivity index (χ3v) is 4.89. The molecule has 0 saturated carbocycles. The summed E-state index contributed by atoms with van der Waals surface area (Å²) in [5.41, 5.74) is 7.06. The molecule has 15 heavy (non-hydrogen) atoms. The van der Waals surface area contributed by atoms with Crippen LogP contribution in [0.5, 0.6) is 0 Å². The van der Waals surface area contributed by atoms with Gasteiger partial charge < -0.3 is 5.73 Å². The highest BCUT2D eigenvalue weighted by Gasteiger charge is 2.28. The van der Waals surface area contributed by atoms with E-state index < -0.39 is 0 Å². The Labute approximate surface area is 94.7 Å². The molecule has 0 aromatic heterocycles. The van der Waals surface area contributed by atoms with Crippen molar-refractivity contribution in [1.82, 2.24) is 4.72 Å². The van der Waals surface area contributed by atoms with E-state index in [1.54, 1.807) is 0 Å². The Kier molecular flexibility index (Phi) is 4.06. The van der Waals surface area contributed by atoms with Crippen molar-refractivity contribution in [3.05, 3.63) is 29.8 Å². The fraction of sp³-hybridized carbons (Fsp3) is 0.500. The molecule has 0 radical (unpaired) electrons. The van der Waals surface area contributed by atoms with Gasteiger partial charge in [-0.2, -0.15) is 0 Å². The molecule has 1 aliphatic heterocycles. The van der Waals surface area contributed by atoms with E-state index in [1.807, 2.05) is 0 Å². The first kappa shape index (κ1) is 11.0. The molecule has 1 unspecified atom stereocenters. The molecule has 0 bridgehead atoms. The summed E-state index contributed by atoms with van der Waals surface area (Å²) in [6.45, 7) is 1.95. The lowest BCUT2D eigenvalue weighted by Gasteiger charge is -2.16. The summed E-state index contributed by atoms with van der Waals surface area (Å²) in [4.78, 5) is 1.53. The van der Waals surface area contributed by atoms with Gasteiger partial charge in [0.2, 0.25) is 0 Å². The van der Waals surface area contributed by atoms with Crippen molar-refractivity contribution in [2.45, 2.75) is 24.2 Å². The van der Waals surface area contributed by atoms with E-state index >= 15 is 0 Å². The first-order valence-corrected chi connectivity index (χ1v) is 7.03. The van der Waals surface area contributed by atoms with E-state index in [4.69, 9.17) is 5.73 Å². The molecule has 3 heteroatoms. The fourth-order valence-electron chi connectivity index (χ4n) is 1.91. The maximum atomic E-state index is 5.52. The third-order valence-electron chi connectivity index (χ3n) is 2.71. The van der Waals surface area contributed by atoms with E-state index in [0.717, 1.165) is 19.5 Å². The smallest absolute Gasteiger partial charge is 0.178 e. The van der Waals surface area contributed by atoms with E-state index in [0.29, 0.717) is 0 Å². The second-order valence-electron chi connectivity index (χ2n) is 3.84. The van der Waals surface area contributed by atoms with Gasteiger partial charge in [-0.1, -0.05) is 18.2 Å². The molecular formula is C12H19N2S+. The highest BCUT2D eigenvalue weighted by Crippen LogP contribution is 2.22. The molecule has 3 N–H and O–H groups in total. The van der Waals surface area contributed by atoms with Crippen molar-refractivity contribution in [3.63, 3.8) is 0 Å². The number of nitrogens with two attached hydrogens (primary N) is 1. The van der Waals surface area contributed by atoms with Crippen molar-refractivity contribution in [3.8, 4) is 0 Å². The normalized spacial score (nSPS) is 19.9. The topological polar surface area (TPSA) is 38.0 Å². The maximum absolute atomic E-state index is 5.52. The highest BCUT2D eigenvalue weighted by atomic mass is 32.2. The molecule has 2 nitrogen and oxygen atoms in total. The number of nitrogens with one attached hydrogen (secondary N) is 1. The van der Waals surface area contributed by atoms with Crippen LogP contribution in [0.2, 0.25) is 0 Å². The number of unbranched alkanes of at least 4 members (excludes halogenated alkanes) is 1. The second-order valence-corrected chi connectivity index (χ2v) is 5.76. The van der Waals surface area contributed by atoms with Crippen LogP contribution in [-0.2, 0) is 17.5 Å². The summed E-state index contributed by atoms with van der Waals surface area (Å²) >= 11 is 0.273. The SMILES string of the molecule is NCCCC[S+]1NCCc2ccccc21. The molecule has 0 spiro atoms. The van der Waals surface area contributed by atoms with Crippen LogP contribution >= 0.6 is 0 Å². The molecule has 1 aliphatic rings. The van der Waals surface area contributed by atoms with Gasteiger partial charge in [-0.05, 0) is 31.9 Å². The zero-order valence-corrected chi connectivity index (χ0v) is 9.85. The van der Waals surface area contributed by atoms with E-state index in [9.17, 15) is 0 Å². The summed E-state index contributed by atoms with van der Waals surface area (Å²) in [5.74, 6) is 1.24. The van der Waals surface area contributed by atoms with E-state index in [2.05, 4.69) is 29.0 Å². The van der Waals surface area contributed by atoms with Crippen molar-refractivity contribution in [2.24, 2.45) is 5.73 Å². The molecule has 0 fully saturated rings. The summed E-state index contributed by atoms with van der Waals surface area (Å²) < 4.78 is 3.62. The van der Waals surface area contributed by atoms with E-state index in [1.165, 1.54) is 29.1 Å². The molecule has 1 aromatic rings. The van der Waals surface area contributed by atoms with Gasteiger partial charge in [0.05, 0.1) is 0 Å². The van der Waals surface area contributed by atoms with E-state index in [-0.39, 0.29) is 11.1 Å². The number of benzene rings is 1. The van der Waals surface area contributed by atoms with Crippen LogP contribution in [0.4, 0.5) is 0 Å². The molecule has 0 aliphatic carbocycles. The van der Waals surface area contributed by atoms with Crippen molar-refractivity contribution >= 4 is 11.1 Å². The van der Waals surface area contributed by atoms with Crippen LogP contribution in [0.15, 0.2) is 29.2 Å². The first-order chi connectivity index (χ1) is 7.42. The number of fused-ring (bicyclic) bond motifs is 1. The highest BCUT2D eigenvalue weighted by molar-refractivity contribution is 7.95. The van der Waals surface area contributed by atoms with Crippen LogP contribution in [-0.4, -0.2) is 18.8 Å². The average molecular weight is 223 g/mol. The fourth-order valence-corrected chi connectivity index (χ4v) is 4.00. The number of hydrogen-bond acceptors (Lipinski definition) is 2. The molecule has 1 heterocycles. The van der Waals surface area contributed by atoms with Gasteiger partial charge in [0.1, 0.15) is 16.8 Å². The van der Waals surface area contributed by atoms with Crippen LogP contribution in [0.3, 0.4) is 0 Å². The van der Waals surface area contributed by atoms with Crippen LogP contribution in [0.25, 0.3) is 0 Å². The van der Waals surface area contributed by atoms with Gasteiger partial charge in [-0.3, -0.25) is 0 Å². The number of hydrogen-bond donors (Lipinski definition) is 2. The monoisotopic (exact) mass is 223 g/mol. The summed E-state index contributed by atoms with van der Waals surface area (Å²) in [7, 11) is 0. The largest absolute Gasteiger partial charge is 0.330 e. The molecule has 0 saturated heterocycles. The quantitative estimate of drug-likeness (QED) is 0.599. The Morgan fingerprint density at radius 1 is 1.27 bits per heavy atom. The summed E-state index contributed by atoms with van der Waals surface area (Å²) in [6.07, 6.45) is 3.56. The summed E-state index contributed by atoms with van der Waals surface area (Å²) in [5, 5.41) is 0. The van der Waals surface area contributed by atoms with Crippen molar-refractivity contribution in [1.29, 1.82) is 0 Å². The summed E-state index contributed by atoms with van der Waals surface area (Å²) in [6, 6.07) is 8.83. The lowest BCUT2D eigenvalue weighted by molar-refractivity contribution is 0.795. The lowest BCUT2D eigenvalue weighted by atomic mass is 10.1. The lowest BCUT2D eigenvalue weighted by Crippen LogP contribution is -2.34. The molecular weight excluding hydrogens is 204 g/mol. The predicted octanol–water partition coefficient (Wildman–Crippen LogP) is 1.46. The van der Waals surface area contributed by atoms with Gasteiger partial charge in [0.15, 0.2) is 4.90 Å². The zero-order valence-electron chi connectivity index (χ0n) is 9.04. The average Bonchev–Trinajstić information content (AvgIpc) is 2.30. The minimum Gasteiger partial charge on any atom is -0.330 e. The molecule has 1 atom stereocenters. The minimum absolute atomic E-state index is 0.273. The van der Waals surface area contributed by atoms with Crippen molar-refractivity contribution in [2.75, 3.05) is 18.8 Å². The third kappa shape index (κ3) is 2.74. The first-order valence-electron chi connectivity index (χ1n) is 5.64. The Balaban J connectivity index is 2.02. The zero-order chi connectivity index (χ0) is 10.5. The molecule has 2 rings (SSSR count). The van der Waals surface area contributed by atoms with Gasteiger partial charge >= 0.3 is 0 Å². The molecule has 1 aromatic carbocycles. The standard InChI is InChI=1S/C12H19N2S/c13-8-3-4-10-15-12-6-2-1-5-11(12)7-9-14-15/h1-2,5-6,14H,3-4,7-10,13H2/q+1. The van der Waals surface area contributed by atoms with Crippen LogP contribution in [0, 0.1) is 0 Å². The van der Waals surface area contributed by atoms with Crippen LogP contribution < -0.4 is 10.5 Å². The Morgan fingerprint density at radius 3 is 3.00 bits per heavy atom. The maximum Gasteiger partial charge on any atom is 0.178 e. The predicted molar refractivity (Wildman–Crippen MR) is 66.9 cm³/mol. The van der Waals surface area contributed by atoms with Gasteiger partial charge in [-0.15, -0.1) is 4.72 Å². The van der Waals surface area contributed by atoms with Crippen LogP contribution in [0.1, 0.15) is 18.4 Å². The Hall–Kier alpha value is -0.510. The Bertz CT molecular complexity index is 314. The molecule has 82 valence electrons. The van der Waals surface area contributed by atoms with Gasteiger partial charge in [0.25, 0.3) is 0 Å². The number of rotatable bonds is 4. The van der Waals surface area contributed by atoms with Crippen molar-refractivity contribution < 1.29 is 0 Å².